The van der Waals surface area contributed by atoms with Gasteiger partial charge in [0.1, 0.15) is 18.7 Å². The van der Waals surface area contributed by atoms with Crippen molar-refractivity contribution in [3.05, 3.63) is 115 Å². The molecule has 5 aromatic rings. The number of anilines is 1. The first-order chi connectivity index (χ1) is 29.7. The monoisotopic (exact) mass is 832 g/mol. The van der Waals surface area contributed by atoms with Crippen molar-refractivity contribution in [1.29, 1.82) is 5.41 Å². The molecular formula is C39H44N16O6. The third kappa shape index (κ3) is 14.1. The smallest absolute Gasteiger partial charge is 0.328 e. The summed E-state index contributed by atoms with van der Waals surface area (Å²) in [5.41, 5.74) is 4.45. The molecule has 0 saturated heterocycles. The highest BCUT2D eigenvalue weighted by Gasteiger charge is 2.29. The first-order valence-electron chi connectivity index (χ1n) is 19.2. The van der Waals surface area contributed by atoms with Crippen molar-refractivity contribution in [3.8, 4) is 11.4 Å². The van der Waals surface area contributed by atoms with Crippen LogP contribution in [0.3, 0.4) is 0 Å². The standard InChI is InChI=1S/C39H44N16O6/c1-2-26-61-39(60)31(23-13-15-24-41-36(57)32(40)46-51-45-27-16-6-3-7-17-27)44-35(56)30(43-38(59)34-48-53-55(50-34)29-20-10-5-11-21-29)22-12-14-25-42-37(58)33-47-52-54(49-33)28-18-8-4-9-19-28/h2-11,16-21,30-31H,1,12-15,22-26H2,(H,41,57)(H,42,58)(H,43,59)(H,44,56)(H2,40,45,46)/t30-,31-/m0/s1. The average Bonchev–Trinajstić information content (AvgIpc) is 4.00. The highest BCUT2D eigenvalue weighted by atomic mass is 16.5. The van der Waals surface area contributed by atoms with Crippen molar-refractivity contribution in [2.24, 2.45) is 10.3 Å². The lowest BCUT2D eigenvalue weighted by molar-refractivity contribution is -0.147. The molecule has 0 bridgehead atoms. The molecule has 0 aliphatic rings. The molecule has 0 fully saturated rings. The first kappa shape index (κ1) is 44.1. The van der Waals surface area contributed by atoms with Crippen LogP contribution in [0.5, 0.6) is 0 Å². The number of nitrogens with zero attached hydrogens (tertiary/aromatic N) is 10. The molecule has 2 heterocycles. The van der Waals surface area contributed by atoms with E-state index in [1.54, 1.807) is 72.8 Å². The van der Waals surface area contributed by atoms with Crippen molar-refractivity contribution >= 4 is 41.1 Å². The van der Waals surface area contributed by atoms with Gasteiger partial charge in [-0.05, 0) is 85.3 Å². The lowest BCUT2D eigenvalue weighted by Crippen LogP contribution is -2.52. The van der Waals surface area contributed by atoms with Crippen molar-refractivity contribution < 1.29 is 28.7 Å². The third-order valence-electron chi connectivity index (χ3n) is 8.50. The Morgan fingerprint density at radius 1 is 0.705 bits per heavy atom. The minimum atomic E-state index is -1.18. The number of nitrogens with one attached hydrogen (secondary N) is 6. The van der Waals surface area contributed by atoms with Crippen LogP contribution in [0.15, 0.2) is 114 Å². The summed E-state index contributed by atoms with van der Waals surface area (Å²) in [5.74, 6) is -4.54. The van der Waals surface area contributed by atoms with Gasteiger partial charge >= 0.3 is 5.97 Å². The van der Waals surface area contributed by atoms with Crippen LogP contribution in [-0.2, 0) is 19.1 Å². The fraction of sp³-hybridized carbons (Fsp3) is 0.282. The van der Waals surface area contributed by atoms with Crippen LogP contribution < -0.4 is 26.7 Å². The highest BCUT2D eigenvalue weighted by molar-refractivity contribution is 6.36. The molecule has 0 aliphatic heterocycles. The molecule has 316 valence electrons. The molecular weight excluding hydrogens is 789 g/mol. The summed E-state index contributed by atoms with van der Waals surface area (Å²) in [4.78, 5) is 67.7. The molecule has 61 heavy (non-hydrogen) atoms. The first-order valence-corrected chi connectivity index (χ1v) is 19.2. The second-order valence-electron chi connectivity index (χ2n) is 13.0. The lowest BCUT2D eigenvalue weighted by Gasteiger charge is -2.22. The summed E-state index contributed by atoms with van der Waals surface area (Å²) in [6, 6.07) is 24.3. The van der Waals surface area contributed by atoms with Crippen molar-refractivity contribution in [2.75, 3.05) is 25.1 Å². The molecule has 0 spiro atoms. The number of hydrogen-bond donors (Lipinski definition) is 6. The Morgan fingerprint density at radius 3 is 1.84 bits per heavy atom. The van der Waals surface area contributed by atoms with Gasteiger partial charge in [0.05, 0.1) is 17.1 Å². The van der Waals surface area contributed by atoms with Gasteiger partial charge in [0.2, 0.25) is 11.7 Å². The van der Waals surface area contributed by atoms with E-state index in [1.807, 2.05) is 18.2 Å². The van der Waals surface area contributed by atoms with Gasteiger partial charge in [-0.1, -0.05) is 72.5 Å². The predicted molar refractivity (Wildman–Crippen MR) is 218 cm³/mol. The number of unbranched alkanes of at least 4 members (excludes halogenated alkanes) is 2. The third-order valence-corrected chi connectivity index (χ3v) is 8.50. The number of rotatable bonds is 22. The van der Waals surface area contributed by atoms with E-state index < -0.39 is 47.5 Å². The Morgan fingerprint density at radius 2 is 1.25 bits per heavy atom. The van der Waals surface area contributed by atoms with E-state index in [2.05, 4.69) is 74.4 Å². The predicted octanol–water partition coefficient (Wildman–Crippen LogP) is 2.29. The molecule has 5 rings (SSSR count). The van der Waals surface area contributed by atoms with E-state index in [1.165, 1.54) is 15.7 Å². The number of para-hydroxylation sites is 3. The Labute approximate surface area is 349 Å². The molecule has 2 aromatic heterocycles. The number of benzene rings is 3. The zero-order valence-electron chi connectivity index (χ0n) is 32.9. The highest BCUT2D eigenvalue weighted by Crippen LogP contribution is 2.10. The van der Waals surface area contributed by atoms with Crippen LogP contribution in [0.2, 0.25) is 0 Å². The normalized spacial score (nSPS) is 11.8. The van der Waals surface area contributed by atoms with Gasteiger partial charge in [0, 0.05) is 13.1 Å². The molecule has 0 saturated carbocycles. The SMILES string of the molecule is C=CCOC(=O)[C@H](CCCCNC(=O)C(=N)/N=N\Nc1ccccc1)NC(=O)[C@H](CCCCNC(=O)c1nnn(-c2ccccc2)n1)NC(=O)c1nnn(-c2ccccc2)n1. The molecule has 2 atom stereocenters. The fourth-order valence-electron chi connectivity index (χ4n) is 5.41. The number of hydrogen-bond acceptors (Lipinski definition) is 14. The zero-order chi connectivity index (χ0) is 43.2. The summed E-state index contributed by atoms with van der Waals surface area (Å²) < 4.78 is 5.25. The number of aromatic nitrogens is 8. The van der Waals surface area contributed by atoms with E-state index in [-0.39, 0.29) is 44.2 Å². The number of carbonyl (C=O) groups is 5. The van der Waals surface area contributed by atoms with Crippen LogP contribution in [0, 0.1) is 5.41 Å². The minimum Gasteiger partial charge on any atom is -0.460 e. The van der Waals surface area contributed by atoms with E-state index in [0.717, 1.165) is 0 Å². The van der Waals surface area contributed by atoms with Gasteiger partial charge in [0.15, 0.2) is 0 Å². The summed E-state index contributed by atoms with van der Waals surface area (Å²) >= 11 is 0. The quantitative estimate of drug-likeness (QED) is 0.0111. The number of amides is 4. The van der Waals surface area contributed by atoms with E-state index >= 15 is 0 Å². The molecule has 0 radical (unpaired) electrons. The van der Waals surface area contributed by atoms with Crippen LogP contribution in [0.4, 0.5) is 5.69 Å². The molecule has 22 nitrogen and oxygen atoms in total. The maximum Gasteiger partial charge on any atom is 0.328 e. The molecule has 0 aliphatic carbocycles. The van der Waals surface area contributed by atoms with Crippen molar-refractivity contribution in [3.63, 3.8) is 0 Å². The summed E-state index contributed by atoms with van der Waals surface area (Å²) in [7, 11) is 0. The fourth-order valence-corrected chi connectivity index (χ4v) is 5.41. The maximum absolute atomic E-state index is 13.8. The zero-order valence-corrected chi connectivity index (χ0v) is 32.9. The lowest BCUT2D eigenvalue weighted by atomic mass is 10.1. The molecule has 3 aromatic carbocycles. The van der Waals surface area contributed by atoms with Crippen LogP contribution in [0.1, 0.15) is 59.8 Å². The molecule has 6 N–H and O–H groups in total. The van der Waals surface area contributed by atoms with E-state index in [9.17, 15) is 24.0 Å². The molecule has 0 unspecified atom stereocenters. The summed E-state index contributed by atoms with van der Waals surface area (Å²) in [6.07, 6.45) is 3.02. The molecule has 4 amide bonds. The van der Waals surface area contributed by atoms with Crippen LogP contribution >= 0.6 is 0 Å². The number of ether oxygens (including phenoxy) is 1. The number of esters is 1. The number of amidine groups is 1. The second kappa shape index (κ2) is 23.4. The molecule has 22 heteroatoms. The van der Waals surface area contributed by atoms with Gasteiger partial charge in [-0.15, -0.1) is 35.1 Å². The Balaban J connectivity index is 1.16. The topological polar surface area (TPSA) is 290 Å². The number of carbonyl (C=O) groups excluding carboxylic acids is 5. The van der Waals surface area contributed by atoms with Gasteiger partial charge in [-0.2, -0.15) is 0 Å². The maximum atomic E-state index is 13.8. The second-order valence-corrected chi connectivity index (χ2v) is 13.0. The van der Waals surface area contributed by atoms with Gasteiger partial charge in [-0.25, -0.2) is 4.79 Å². The summed E-state index contributed by atoms with van der Waals surface area (Å²) in [5, 5.41) is 49.5. The summed E-state index contributed by atoms with van der Waals surface area (Å²) in [6.45, 7) is 3.78. The Kier molecular flexibility index (Phi) is 16.9. The minimum absolute atomic E-state index is 0.0906. The van der Waals surface area contributed by atoms with Gasteiger partial charge < -0.3 is 26.0 Å². The van der Waals surface area contributed by atoms with Crippen molar-refractivity contribution in [2.45, 2.75) is 50.6 Å². The van der Waals surface area contributed by atoms with Gasteiger partial charge in [0.25, 0.3) is 29.4 Å². The van der Waals surface area contributed by atoms with E-state index in [4.69, 9.17) is 10.1 Å². The Hall–Kier alpha value is -8.04. The van der Waals surface area contributed by atoms with E-state index in [0.29, 0.717) is 42.7 Å². The van der Waals surface area contributed by atoms with Crippen LogP contribution in [0.25, 0.3) is 11.4 Å². The number of tetrazole rings is 2. The average molecular weight is 833 g/mol. The van der Waals surface area contributed by atoms with Gasteiger partial charge in [-0.3, -0.25) is 30.0 Å². The van der Waals surface area contributed by atoms with Crippen molar-refractivity contribution in [1.82, 2.24) is 61.7 Å². The largest absolute Gasteiger partial charge is 0.460 e. The Bertz CT molecular complexity index is 2270. The van der Waals surface area contributed by atoms with Crippen LogP contribution in [-0.4, -0.2) is 108 Å².